The van der Waals surface area contributed by atoms with Crippen molar-refractivity contribution >= 4 is 35.8 Å². The molecule has 0 spiro atoms. The molecule has 1 aromatic rings. The fourth-order valence-electron chi connectivity index (χ4n) is 0.886. The van der Waals surface area contributed by atoms with Crippen molar-refractivity contribution in [3.8, 4) is 11.2 Å². The Bertz CT molecular complexity index is 382. The van der Waals surface area contributed by atoms with Gasteiger partial charge in [0.05, 0.1) is 5.56 Å². The second kappa shape index (κ2) is 7.83. The predicted octanol–water partition coefficient (Wildman–Crippen LogP) is 4.13. The summed E-state index contributed by atoms with van der Waals surface area (Å²) in [4.78, 5) is 0. The van der Waals surface area contributed by atoms with Crippen LogP contribution in [0, 0.1) is 23.9 Å². The highest BCUT2D eigenvalue weighted by Gasteiger charge is 2.01. The first kappa shape index (κ1) is 14.6. The van der Waals surface area contributed by atoms with E-state index in [1.165, 1.54) is 15.0 Å². The quantitative estimate of drug-likeness (QED) is 0.438. The van der Waals surface area contributed by atoms with Gasteiger partial charge in [0.15, 0.2) is 0 Å². The largest absolute Gasteiger partial charge is 0.398 e. The zero-order valence-electron chi connectivity index (χ0n) is 8.90. The Kier molecular flexibility index (Phi) is 7.61. The van der Waals surface area contributed by atoms with Crippen LogP contribution in [0.3, 0.4) is 0 Å². The summed E-state index contributed by atoms with van der Waals surface area (Å²) in [5.41, 5.74) is 7.27. The summed E-state index contributed by atoms with van der Waals surface area (Å²) in [7, 11) is 1.35. The number of nitrogens with two attached hydrogens (primary N) is 1. The Morgan fingerprint density at radius 1 is 1.40 bits per heavy atom. The van der Waals surface area contributed by atoms with E-state index in [1.54, 1.807) is 13.0 Å². The van der Waals surface area contributed by atoms with Crippen LogP contribution in [0.15, 0.2) is 12.1 Å². The lowest BCUT2D eigenvalue weighted by atomic mass is 10.1. The van der Waals surface area contributed by atoms with Crippen molar-refractivity contribution in [3.05, 3.63) is 29.1 Å². The molecule has 1 rings (SSSR count). The monoisotopic (exact) mass is 337 g/mol. The minimum atomic E-state index is -0.267. The van der Waals surface area contributed by atoms with Gasteiger partial charge in [-0.3, -0.25) is 0 Å². The smallest absolute Gasteiger partial charge is 0.127 e. The zero-order valence-corrected chi connectivity index (χ0v) is 11.9. The summed E-state index contributed by atoms with van der Waals surface area (Å²) in [5, 5.41) is 2.76. The van der Waals surface area contributed by atoms with Crippen molar-refractivity contribution in [1.82, 2.24) is 0 Å². The molecule has 0 aliphatic heterocycles. The second-order valence-corrected chi connectivity index (χ2v) is 4.17. The average Bonchev–Trinajstić information content (AvgIpc) is 2.24. The van der Waals surface area contributed by atoms with Gasteiger partial charge in [0.1, 0.15) is 5.82 Å². The van der Waals surface area contributed by atoms with Crippen molar-refractivity contribution in [2.45, 2.75) is 20.8 Å². The van der Waals surface area contributed by atoms with Crippen LogP contribution in [0.2, 0.25) is 0 Å². The highest BCUT2D eigenvalue weighted by Crippen LogP contribution is 2.17. The number of benzene rings is 1. The van der Waals surface area contributed by atoms with Gasteiger partial charge in [0.2, 0.25) is 0 Å². The van der Waals surface area contributed by atoms with Gasteiger partial charge in [-0.25, -0.2) is 4.39 Å². The lowest BCUT2D eigenvalue weighted by Crippen LogP contribution is -1.93. The number of hydrogen-bond acceptors (Lipinski definition) is 2. The third-order valence-electron chi connectivity index (χ3n) is 1.56. The molecule has 15 heavy (non-hydrogen) atoms. The van der Waals surface area contributed by atoms with Crippen LogP contribution in [0.4, 0.5) is 10.1 Å². The van der Waals surface area contributed by atoms with Gasteiger partial charge in [-0.2, -0.15) is 0 Å². The highest BCUT2D eigenvalue weighted by molar-refractivity contribution is 14.2. The number of hydrogen-bond donors (Lipinski definition) is 1. The molecule has 1 nitrogen and oxygen atoms in total. The predicted molar refractivity (Wildman–Crippen MR) is 75.4 cm³/mol. The third-order valence-corrected chi connectivity index (χ3v) is 2.39. The molecule has 0 aromatic heterocycles. The zero-order chi connectivity index (χ0) is 11.8. The molecule has 0 aliphatic carbocycles. The van der Waals surface area contributed by atoms with E-state index >= 15 is 0 Å². The Morgan fingerprint density at radius 3 is 2.53 bits per heavy atom. The number of rotatable bonds is 0. The molecule has 0 aliphatic rings. The van der Waals surface area contributed by atoms with Gasteiger partial charge >= 0.3 is 0 Å². The molecule has 1 aromatic carbocycles. The first-order chi connectivity index (χ1) is 7.15. The Morgan fingerprint density at radius 2 is 2.00 bits per heavy atom. The number of aryl methyl sites for hydroxylation is 1. The van der Waals surface area contributed by atoms with Crippen LogP contribution in [0.25, 0.3) is 0 Å². The van der Waals surface area contributed by atoms with Crippen molar-refractivity contribution in [3.63, 3.8) is 0 Å². The fraction of sp³-hybridized carbons (Fsp3) is 0.273. The molecule has 0 amide bonds. The number of nitrogen functional groups attached to an aromatic ring is 1. The third kappa shape index (κ3) is 4.76. The fourth-order valence-corrected chi connectivity index (χ4v) is 1.37. The molecular formula is C11H13FINS. The SMILES string of the molecule is CC.Cc1cc(N)c(C#CSI)cc1F. The van der Waals surface area contributed by atoms with E-state index in [1.807, 2.05) is 35.1 Å². The van der Waals surface area contributed by atoms with Gasteiger partial charge in [0.25, 0.3) is 0 Å². The van der Waals surface area contributed by atoms with Crippen LogP contribution in [-0.4, -0.2) is 0 Å². The van der Waals surface area contributed by atoms with E-state index in [0.29, 0.717) is 16.8 Å². The van der Waals surface area contributed by atoms with Crippen LogP contribution in [0.5, 0.6) is 0 Å². The molecule has 0 radical (unpaired) electrons. The summed E-state index contributed by atoms with van der Waals surface area (Å²) in [6.45, 7) is 5.68. The molecule has 0 fully saturated rings. The van der Waals surface area contributed by atoms with Gasteiger partial charge in [-0.1, -0.05) is 19.8 Å². The Labute approximate surface area is 107 Å². The molecule has 0 heterocycles. The molecule has 0 atom stereocenters. The first-order valence-electron chi connectivity index (χ1n) is 4.49. The molecule has 82 valence electrons. The van der Waals surface area contributed by atoms with Gasteiger partial charge in [-0.05, 0) is 38.8 Å². The maximum Gasteiger partial charge on any atom is 0.127 e. The Hall–Kier alpha value is -0.410. The van der Waals surface area contributed by atoms with Crippen LogP contribution in [-0.2, 0) is 0 Å². The minimum absolute atomic E-state index is 0.267. The molecule has 4 heteroatoms. The highest BCUT2D eigenvalue weighted by atomic mass is 127. The maximum atomic E-state index is 13.1. The lowest BCUT2D eigenvalue weighted by molar-refractivity contribution is 0.618. The molecule has 0 saturated heterocycles. The molecule has 0 bridgehead atoms. The standard InChI is InChI=1S/C9H7FINS.C2H6/c1-6-4-9(12)7(2-3-13-11)5-8(6)10;1-2/h4-5H,12H2,1H3;1-2H3. The van der Waals surface area contributed by atoms with Crippen LogP contribution in [0.1, 0.15) is 25.0 Å². The number of halogens is 2. The van der Waals surface area contributed by atoms with E-state index in [0.717, 1.165) is 0 Å². The van der Waals surface area contributed by atoms with Crippen molar-refractivity contribution in [2.75, 3.05) is 5.73 Å². The molecule has 0 saturated carbocycles. The Balaban J connectivity index is 0.000000921. The summed E-state index contributed by atoms with van der Waals surface area (Å²) >= 11 is 2.05. The van der Waals surface area contributed by atoms with Gasteiger partial charge < -0.3 is 5.73 Å². The van der Waals surface area contributed by atoms with E-state index in [2.05, 4.69) is 11.2 Å². The van der Waals surface area contributed by atoms with Crippen LogP contribution >= 0.6 is 30.1 Å². The van der Waals surface area contributed by atoms with E-state index < -0.39 is 0 Å². The van der Waals surface area contributed by atoms with E-state index in [9.17, 15) is 4.39 Å². The van der Waals surface area contributed by atoms with Gasteiger partial charge in [-0.15, -0.1) is 0 Å². The topological polar surface area (TPSA) is 26.0 Å². The summed E-state index contributed by atoms with van der Waals surface area (Å²) < 4.78 is 13.1. The van der Waals surface area contributed by atoms with Gasteiger partial charge in [0, 0.05) is 26.9 Å². The van der Waals surface area contributed by atoms with Crippen molar-refractivity contribution in [2.24, 2.45) is 0 Å². The molecule has 0 unspecified atom stereocenters. The summed E-state index contributed by atoms with van der Waals surface area (Å²) in [6, 6.07) is 2.96. The summed E-state index contributed by atoms with van der Waals surface area (Å²) in [5.74, 6) is 2.50. The van der Waals surface area contributed by atoms with Crippen molar-refractivity contribution < 1.29 is 4.39 Å². The van der Waals surface area contributed by atoms with E-state index in [-0.39, 0.29) is 5.82 Å². The summed E-state index contributed by atoms with van der Waals surface area (Å²) in [6.07, 6.45) is 0. The molecule has 2 N–H and O–H groups in total. The number of anilines is 1. The first-order valence-corrected chi connectivity index (χ1v) is 7.85. The second-order valence-electron chi connectivity index (χ2n) is 2.49. The maximum absolute atomic E-state index is 13.1. The average molecular weight is 337 g/mol. The minimum Gasteiger partial charge on any atom is -0.398 e. The van der Waals surface area contributed by atoms with E-state index in [4.69, 9.17) is 5.73 Å². The van der Waals surface area contributed by atoms with Crippen LogP contribution < -0.4 is 5.73 Å². The molecular weight excluding hydrogens is 324 g/mol. The lowest BCUT2D eigenvalue weighted by Gasteiger charge is -2.00. The van der Waals surface area contributed by atoms with Crippen molar-refractivity contribution in [1.29, 1.82) is 0 Å². The normalized spacial score (nSPS) is 8.33.